The molecule has 8 nitrogen and oxygen atoms in total. The minimum Gasteiger partial charge on any atom is -0.497 e. The van der Waals surface area contributed by atoms with Crippen LogP contribution in [-0.4, -0.2) is 52.7 Å². The zero-order valence-corrected chi connectivity index (χ0v) is 19.7. The summed E-state index contributed by atoms with van der Waals surface area (Å²) in [5, 5.41) is 7.75. The van der Waals surface area contributed by atoms with E-state index in [1.54, 1.807) is 47.2 Å². The van der Waals surface area contributed by atoms with Gasteiger partial charge < -0.3 is 19.4 Å². The first-order valence-electron chi connectivity index (χ1n) is 11.7. The maximum atomic E-state index is 13.4. The first kappa shape index (κ1) is 23.3. The van der Waals surface area contributed by atoms with Crippen LogP contribution >= 0.6 is 0 Å². The first-order valence-corrected chi connectivity index (χ1v) is 11.7. The summed E-state index contributed by atoms with van der Waals surface area (Å²) >= 11 is 0. The van der Waals surface area contributed by atoms with Gasteiger partial charge in [-0.2, -0.15) is 5.10 Å². The van der Waals surface area contributed by atoms with Gasteiger partial charge in [0.05, 0.1) is 24.6 Å². The van der Waals surface area contributed by atoms with E-state index in [4.69, 9.17) is 9.15 Å². The Morgan fingerprint density at radius 2 is 1.86 bits per heavy atom. The van der Waals surface area contributed by atoms with E-state index >= 15 is 0 Å². The summed E-state index contributed by atoms with van der Waals surface area (Å²) in [6.07, 6.45) is 4.37. The number of methoxy groups -OCH3 is 1. The molecule has 0 atom stereocenters. The second-order valence-corrected chi connectivity index (χ2v) is 8.56. The lowest BCUT2D eigenvalue weighted by molar-refractivity contribution is 0.0667. The fraction of sp³-hybridized carbons (Fsp3) is 0.222. The van der Waals surface area contributed by atoms with E-state index in [9.17, 15) is 14.0 Å². The van der Waals surface area contributed by atoms with Crippen molar-refractivity contribution in [1.82, 2.24) is 20.0 Å². The summed E-state index contributed by atoms with van der Waals surface area (Å²) in [6, 6.07) is 16.5. The lowest BCUT2D eigenvalue weighted by Gasteiger charge is -2.31. The fourth-order valence-corrected chi connectivity index (χ4v) is 4.30. The zero-order chi connectivity index (χ0) is 25.1. The maximum Gasteiger partial charge on any atom is 0.289 e. The molecule has 1 N–H and O–H groups in total. The summed E-state index contributed by atoms with van der Waals surface area (Å²) in [7, 11) is 1.58. The molecule has 3 heterocycles. The Morgan fingerprint density at radius 1 is 1.08 bits per heavy atom. The Kier molecular flexibility index (Phi) is 6.53. The Balaban J connectivity index is 1.36. The number of furan rings is 1. The second kappa shape index (κ2) is 10.1. The van der Waals surface area contributed by atoms with Crippen molar-refractivity contribution in [1.29, 1.82) is 0 Å². The van der Waals surface area contributed by atoms with Crippen LogP contribution in [0.25, 0.3) is 16.9 Å². The van der Waals surface area contributed by atoms with E-state index in [2.05, 4.69) is 10.4 Å². The number of piperidine rings is 1. The highest BCUT2D eigenvalue weighted by Gasteiger charge is 2.27. The lowest BCUT2D eigenvalue weighted by atomic mass is 10.0. The van der Waals surface area contributed by atoms with Crippen molar-refractivity contribution < 1.29 is 23.1 Å². The molecule has 0 spiro atoms. The quantitative estimate of drug-likeness (QED) is 0.437. The van der Waals surface area contributed by atoms with Crippen LogP contribution in [0, 0.1) is 5.82 Å². The highest BCUT2D eigenvalue weighted by molar-refractivity contribution is 6.00. The van der Waals surface area contributed by atoms with Crippen molar-refractivity contribution >= 4 is 11.8 Å². The average molecular weight is 489 g/mol. The summed E-state index contributed by atoms with van der Waals surface area (Å²) in [5.74, 6) is 0.189. The molecule has 0 radical (unpaired) electrons. The number of ether oxygens (including phenoxy) is 1. The van der Waals surface area contributed by atoms with E-state index in [0.717, 1.165) is 5.56 Å². The normalized spacial score (nSPS) is 14.0. The number of nitrogens with zero attached hydrogens (tertiary/aromatic N) is 3. The summed E-state index contributed by atoms with van der Waals surface area (Å²) in [4.78, 5) is 27.7. The molecule has 9 heteroatoms. The van der Waals surface area contributed by atoms with E-state index in [1.807, 2.05) is 24.3 Å². The predicted molar refractivity (Wildman–Crippen MR) is 131 cm³/mol. The number of aromatic nitrogens is 2. The molecule has 1 fully saturated rings. The van der Waals surface area contributed by atoms with Gasteiger partial charge in [0.1, 0.15) is 17.3 Å². The summed E-state index contributed by atoms with van der Waals surface area (Å²) < 4.78 is 25.6. The maximum absolute atomic E-state index is 13.4. The number of likely N-dealkylation sites (tertiary alicyclic amines) is 1. The van der Waals surface area contributed by atoms with Crippen LogP contribution in [-0.2, 0) is 0 Å². The number of halogens is 1. The Hall–Kier alpha value is -4.40. The molecule has 4 aromatic rings. The average Bonchev–Trinajstić information content (AvgIpc) is 3.60. The highest BCUT2D eigenvalue weighted by atomic mass is 19.1. The molecule has 1 aliphatic heterocycles. The van der Waals surface area contributed by atoms with Crippen LogP contribution in [0.1, 0.15) is 33.8 Å². The summed E-state index contributed by atoms with van der Waals surface area (Å²) in [5.41, 5.74) is 2.23. The third-order valence-corrected chi connectivity index (χ3v) is 6.24. The second-order valence-electron chi connectivity index (χ2n) is 8.56. The van der Waals surface area contributed by atoms with Gasteiger partial charge in [0.15, 0.2) is 5.76 Å². The molecular weight excluding hydrogens is 463 g/mol. The van der Waals surface area contributed by atoms with Gasteiger partial charge in [-0.1, -0.05) is 12.1 Å². The van der Waals surface area contributed by atoms with Gasteiger partial charge >= 0.3 is 0 Å². The van der Waals surface area contributed by atoms with Crippen molar-refractivity contribution in [3.05, 3.63) is 90.3 Å². The van der Waals surface area contributed by atoms with Crippen molar-refractivity contribution in [2.24, 2.45) is 0 Å². The summed E-state index contributed by atoms with van der Waals surface area (Å²) in [6.45, 7) is 1.03. The van der Waals surface area contributed by atoms with E-state index in [-0.39, 0.29) is 23.7 Å². The van der Waals surface area contributed by atoms with Crippen molar-refractivity contribution in [3.8, 4) is 22.7 Å². The first-order chi connectivity index (χ1) is 17.5. The topological polar surface area (TPSA) is 89.6 Å². The van der Waals surface area contributed by atoms with E-state index in [1.165, 1.54) is 18.4 Å². The highest BCUT2D eigenvalue weighted by Crippen LogP contribution is 2.27. The van der Waals surface area contributed by atoms with Gasteiger partial charge in [-0.05, 0) is 61.4 Å². The molecule has 0 bridgehead atoms. The van der Waals surface area contributed by atoms with Gasteiger partial charge in [0.2, 0.25) is 0 Å². The lowest BCUT2D eigenvalue weighted by Crippen LogP contribution is -2.46. The minimum atomic E-state index is -0.353. The zero-order valence-electron chi connectivity index (χ0n) is 19.7. The standard InChI is InChI=1S/C27H25FN4O4/c1-35-22-5-2-4-18(16-22)25-23(17-32(30-25)21-9-7-19(28)8-10-21)26(33)29-20-11-13-31(14-12-20)27(34)24-6-3-15-36-24/h2-10,15-17,20H,11-14H2,1H3,(H,29,33). The van der Waals surface area contributed by atoms with Crippen molar-refractivity contribution in [2.45, 2.75) is 18.9 Å². The van der Waals surface area contributed by atoms with Gasteiger partial charge in [0, 0.05) is 30.9 Å². The SMILES string of the molecule is COc1cccc(-c2nn(-c3ccc(F)cc3)cc2C(=O)NC2CCN(C(=O)c3ccco3)CC2)c1. The van der Waals surface area contributed by atoms with Gasteiger partial charge in [-0.3, -0.25) is 9.59 Å². The monoisotopic (exact) mass is 488 g/mol. The number of hydrogen-bond acceptors (Lipinski definition) is 5. The molecule has 2 amide bonds. The van der Waals surface area contributed by atoms with Crippen LogP contribution in [0.4, 0.5) is 4.39 Å². The van der Waals surface area contributed by atoms with Crippen LogP contribution in [0.3, 0.4) is 0 Å². The minimum absolute atomic E-state index is 0.0921. The molecule has 0 aliphatic carbocycles. The van der Waals surface area contributed by atoms with Crippen molar-refractivity contribution in [2.75, 3.05) is 20.2 Å². The smallest absolute Gasteiger partial charge is 0.289 e. The van der Waals surface area contributed by atoms with Crippen LogP contribution < -0.4 is 10.1 Å². The van der Waals surface area contributed by atoms with Crippen LogP contribution in [0.2, 0.25) is 0 Å². The molecule has 2 aromatic heterocycles. The molecule has 184 valence electrons. The Bertz CT molecular complexity index is 1360. The number of hydrogen-bond donors (Lipinski definition) is 1. The number of carbonyl (C=O) groups excluding carboxylic acids is 2. The largest absolute Gasteiger partial charge is 0.497 e. The Labute approximate surface area is 207 Å². The van der Waals surface area contributed by atoms with E-state index < -0.39 is 0 Å². The van der Waals surface area contributed by atoms with Crippen molar-refractivity contribution in [3.63, 3.8) is 0 Å². The number of nitrogens with one attached hydrogen (secondary N) is 1. The molecule has 0 saturated carbocycles. The van der Waals surface area contributed by atoms with Crippen LogP contribution in [0.15, 0.2) is 77.5 Å². The Morgan fingerprint density at radius 3 is 2.56 bits per heavy atom. The number of carbonyl (C=O) groups is 2. The molecule has 1 aliphatic rings. The molecule has 5 rings (SSSR count). The number of amides is 2. The number of rotatable bonds is 6. The molecule has 1 saturated heterocycles. The number of benzene rings is 2. The molecular formula is C27H25FN4O4. The predicted octanol–water partition coefficient (Wildman–Crippen LogP) is 4.31. The van der Waals surface area contributed by atoms with Gasteiger partial charge in [-0.25, -0.2) is 9.07 Å². The molecule has 0 unspecified atom stereocenters. The van der Waals surface area contributed by atoms with E-state index in [0.29, 0.717) is 54.4 Å². The molecule has 36 heavy (non-hydrogen) atoms. The fourth-order valence-electron chi connectivity index (χ4n) is 4.30. The van der Waals surface area contributed by atoms with Gasteiger partial charge in [-0.15, -0.1) is 0 Å². The molecule has 2 aromatic carbocycles. The third-order valence-electron chi connectivity index (χ3n) is 6.24. The van der Waals surface area contributed by atoms with Crippen LogP contribution in [0.5, 0.6) is 5.75 Å². The van der Waals surface area contributed by atoms with Gasteiger partial charge in [0.25, 0.3) is 11.8 Å². The third kappa shape index (κ3) is 4.86.